The summed E-state index contributed by atoms with van der Waals surface area (Å²) in [6.45, 7) is 2.67. The van der Waals surface area contributed by atoms with E-state index in [1.54, 1.807) is 14.0 Å². The number of carbonyl (C=O) groups is 1. The van der Waals surface area contributed by atoms with Crippen LogP contribution in [0.4, 0.5) is 5.69 Å². The molecular weight excluding hydrogens is 296 g/mol. The van der Waals surface area contributed by atoms with E-state index < -0.39 is 16.2 Å². The molecule has 8 heteroatoms. The van der Waals surface area contributed by atoms with E-state index >= 15 is 0 Å². The molecular formula is C13H18N2O5S. The first-order valence-electron chi connectivity index (χ1n) is 6.54. The molecule has 1 N–H and O–H groups in total. The third-order valence-electron chi connectivity index (χ3n) is 3.44. The van der Waals surface area contributed by atoms with Gasteiger partial charge in [-0.05, 0) is 31.2 Å². The van der Waals surface area contributed by atoms with Gasteiger partial charge in [-0.3, -0.25) is 4.31 Å². The number of nitrogens with zero attached hydrogens (tertiary/aromatic N) is 2. The predicted octanol–water partition coefficient (Wildman–Crippen LogP) is 0.786. The predicted molar refractivity (Wildman–Crippen MR) is 77.7 cm³/mol. The fraction of sp³-hybridized carbons (Fsp3) is 0.462. The van der Waals surface area contributed by atoms with Crippen molar-refractivity contribution in [2.45, 2.75) is 13.0 Å². The molecule has 1 aromatic rings. The molecule has 0 aromatic heterocycles. The third-order valence-corrected chi connectivity index (χ3v) is 5.42. The molecule has 0 unspecified atom stereocenters. The zero-order valence-corrected chi connectivity index (χ0v) is 12.7. The second kappa shape index (κ2) is 6.00. The first kappa shape index (κ1) is 15.7. The highest BCUT2D eigenvalue weighted by atomic mass is 32.2. The van der Waals surface area contributed by atoms with Crippen LogP contribution in [-0.2, 0) is 14.9 Å². The second-order valence-electron chi connectivity index (χ2n) is 4.70. The average molecular weight is 314 g/mol. The zero-order valence-electron chi connectivity index (χ0n) is 11.9. The lowest BCUT2D eigenvalue weighted by atomic mass is 10.2. The number of benzene rings is 1. The Kier molecular flexibility index (Phi) is 4.50. The van der Waals surface area contributed by atoms with E-state index in [-0.39, 0.29) is 18.2 Å². The van der Waals surface area contributed by atoms with Gasteiger partial charge in [-0.2, -0.15) is 12.7 Å². The Labute approximate surface area is 123 Å². The first-order chi connectivity index (χ1) is 9.90. The summed E-state index contributed by atoms with van der Waals surface area (Å²) in [5, 5.41) is 8.87. The maximum absolute atomic E-state index is 12.5. The van der Waals surface area contributed by atoms with E-state index in [1.807, 2.05) is 0 Å². The first-order valence-corrected chi connectivity index (χ1v) is 7.93. The number of carboxylic acid groups (broad SMARTS) is 1. The van der Waals surface area contributed by atoms with Crippen molar-refractivity contribution in [2.24, 2.45) is 0 Å². The molecule has 0 amide bonds. The number of hydrogen-bond donors (Lipinski definition) is 1. The molecule has 0 saturated carbocycles. The largest absolute Gasteiger partial charge is 0.478 e. The van der Waals surface area contributed by atoms with Gasteiger partial charge in [-0.1, -0.05) is 0 Å². The van der Waals surface area contributed by atoms with E-state index in [0.29, 0.717) is 18.8 Å². The number of hydrogen-bond acceptors (Lipinski definition) is 4. The van der Waals surface area contributed by atoms with Crippen LogP contribution in [0.5, 0.6) is 0 Å². The van der Waals surface area contributed by atoms with Gasteiger partial charge in [0.05, 0.1) is 17.4 Å². The van der Waals surface area contributed by atoms with Crippen LogP contribution in [-0.4, -0.2) is 56.6 Å². The summed E-state index contributed by atoms with van der Waals surface area (Å²) < 4.78 is 32.7. The summed E-state index contributed by atoms with van der Waals surface area (Å²) in [7, 11) is -2.05. The van der Waals surface area contributed by atoms with E-state index in [4.69, 9.17) is 9.84 Å². The molecule has 0 aliphatic carbocycles. The van der Waals surface area contributed by atoms with Crippen LogP contribution in [0.15, 0.2) is 24.3 Å². The number of methoxy groups -OCH3 is 1. The van der Waals surface area contributed by atoms with Gasteiger partial charge in [-0.25, -0.2) is 4.79 Å². The van der Waals surface area contributed by atoms with Crippen molar-refractivity contribution in [3.8, 4) is 0 Å². The van der Waals surface area contributed by atoms with Crippen LogP contribution in [0.2, 0.25) is 0 Å². The second-order valence-corrected chi connectivity index (χ2v) is 6.55. The molecule has 21 heavy (non-hydrogen) atoms. The Morgan fingerprint density at radius 2 is 1.95 bits per heavy atom. The molecule has 1 aromatic carbocycles. The summed E-state index contributed by atoms with van der Waals surface area (Å²) in [5.74, 6) is -1.04. The molecule has 1 saturated heterocycles. The van der Waals surface area contributed by atoms with Crippen LogP contribution < -0.4 is 4.31 Å². The Balaban J connectivity index is 2.21. The van der Waals surface area contributed by atoms with E-state index in [2.05, 4.69) is 0 Å². The van der Waals surface area contributed by atoms with Gasteiger partial charge in [-0.15, -0.1) is 0 Å². The highest BCUT2D eigenvalue weighted by Gasteiger charge is 2.39. The number of anilines is 1. The summed E-state index contributed by atoms with van der Waals surface area (Å²) in [4.78, 5) is 10.8. The Bertz CT molecular complexity index is 608. The van der Waals surface area contributed by atoms with Gasteiger partial charge in [0.25, 0.3) is 0 Å². The lowest BCUT2D eigenvalue weighted by Gasteiger charge is -2.40. The van der Waals surface area contributed by atoms with Crippen molar-refractivity contribution in [1.29, 1.82) is 0 Å². The highest BCUT2D eigenvalue weighted by molar-refractivity contribution is 7.90. The van der Waals surface area contributed by atoms with Crippen LogP contribution in [0.1, 0.15) is 17.3 Å². The minimum absolute atomic E-state index is 0.0622. The van der Waals surface area contributed by atoms with Crippen molar-refractivity contribution < 1.29 is 23.1 Å². The standard InChI is InChI=1S/C13H18N2O5S/c1-3-15(11-6-4-10(5-7-11)13(16)17)21(18,19)14-8-12(9-14)20-2/h4-7,12H,3,8-9H2,1-2H3,(H,16,17). The number of rotatable bonds is 6. The number of ether oxygens (including phenoxy) is 1. The van der Waals surface area contributed by atoms with Crippen molar-refractivity contribution in [1.82, 2.24) is 4.31 Å². The molecule has 1 aliphatic heterocycles. The smallest absolute Gasteiger partial charge is 0.335 e. The molecule has 2 rings (SSSR count). The molecule has 1 heterocycles. The fourth-order valence-corrected chi connectivity index (χ4v) is 3.83. The lowest BCUT2D eigenvalue weighted by molar-refractivity contribution is 0.0124. The SMILES string of the molecule is CCN(c1ccc(C(=O)O)cc1)S(=O)(=O)N1CC(OC)C1. The number of aromatic carboxylic acids is 1. The molecule has 1 aliphatic rings. The van der Waals surface area contributed by atoms with Crippen LogP contribution in [0.3, 0.4) is 0 Å². The lowest BCUT2D eigenvalue weighted by Crippen LogP contribution is -2.58. The summed E-state index contributed by atoms with van der Waals surface area (Å²) >= 11 is 0. The van der Waals surface area contributed by atoms with Crippen molar-refractivity contribution >= 4 is 21.9 Å². The molecule has 116 valence electrons. The van der Waals surface area contributed by atoms with Crippen LogP contribution in [0, 0.1) is 0 Å². The number of carboxylic acids is 1. The highest BCUT2D eigenvalue weighted by Crippen LogP contribution is 2.25. The molecule has 0 bridgehead atoms. The van der Waals surface area contributed by atoms with Gasteiger partial charge in [0.1, 0.15) is 0 Å². The van der Waals surface area contributed by atoms with Crippen molar-refractivity contribution in [3.05, 3.63) is 29.8 Å². The maximum atomic E-state index is 12.5. The van der Waals surface area contributed by atoms with Crippen LogP contribution in [0.25, 0.3) is 0 Å². The van der Waals surface area contributed by atoms with Gasteiger partial charge in [0, 0.05) is 26.7 Å². The minimum Gasteiger partial charge on any atom is -0.478 e. The maximum Gasteiger partial charge on any atom is 0.335 e. The molecule has 0 radical (unpaired) electrons. The quantitative estimate of drug-likeness (QED) is 0.838. The van der Waals surface area contributed by atoms with E-state index in [9.17, 15) is 13.2 Å². The monoisotopic (exact) mass is 314 g/mol. The Morgan fingerprint density at radius 1 is 1.38 bits per heavy atom. The molecule has 0 atom stereocenters. The van der Waals surface area contributed by atoms with Gasteiger partial charge in [0.15, 0.2) is 0 Å². The van der Waals surface area contributed by atoms with E-state index in [1.165, 1.54) is 32.9 Å². The van der Waals surface area contributed by atoms with Crippen LogP contribution >= 0.6 is 0 Å². The molecule has 0 spiro atoms. The Hall–Kier alpha value is -1.64. The Morgan fingerprint density at radius 3 is 2.38 bits per heavy atom. The molecule has 7 nitrogen and oxygen atoms in total. The fourth-order valence-electron chi connectivity index (χ4n) is 2.13. The summed E-state index contributed by atoms with van der Waals surface area (Å²) in [5.41, 5.74) is 0.568. The van der Waals surface area contributed by atoms with Gasteiger partial charge in [0.2, 0.25) is 0 Å². The molecule has 1 fully saturated rings. The van der Waals surface area contributed by atoms with Crippen molar-refractivity contribution in [3.63, 3.8) is 0 Å². The topological polar surface area (TPSA) is 87.2 Å². The average Bonchev–Trinajstić information content (AvgIpc) is 2.38. The van der Waals surface area contributed by atoms with Gasteiger partial charge >= 0.3 is 16.2 Å². The minimum atomic E-state index is -3.60. The zero-order chi connectivity index (χ0) is 15.6. The van der Waals surface area contributed by atoms with E-state index in [0.717, 1.165) is 0 Å². The van der Waals surface area contributed by atoms with Gasteiger partial charge < -0.3 is 9.84 Å². The summed E-state index contributed by atoms with van der Waals surface area (Å²) in [6.07, 6.45) is -0.0622. The third kappa shape index (κ3) is 3.02. The normalized spacial score (nSPS) is 16.5. The summed E-state index contributed by atoms with van der Waals surface area (Å²) in [6, 6.07) is 5.78. The van der Waals surface area contributed by atoms with Crippen molar-refractivity contribution in [2.75, 3.05) is 31.0 Å².